The van der Waals surface area contributed by atoms with Crippen LogP contribution in [0.25, 0.3) is 0 Å². The summed E-state index contributed by atoms with van der Waals surface area (Å²) in [6.45, 7) is 1.80. The average Bonchev–Trinajstić information content (AvgIpc) is 1.65. The molecule has 0 aliphatic rings. The highest BCUT2D eigenvalue weighted by Crippen LogP contribution is 1.98. The van der Waals surface area contributed by atoms with Gasteiger partial charge in [0.25, 0.3) is 0 Å². The molecule has 0 amide bonds. The van der Waals surface area contributed by atoms with Crippen LogP contribution in [0.2, 0.25) is 0 Å². The molecule has 2 nitrogen and oxygen atoms in total. The molecule has 0 aromatic heterocycles. The number of hydrogen-bond donors (Lipinski definition) is 2. The Kier molecular flexibility index (Phi) is 2.98. The highest BCUT2D eigenvalue weighted by Gasteiger charge is 1.87. The van der Waals surface area contributed by atoms with Gasteiger partial charge in [-0.3, -0.25) is 5.41 Å². The van der Waals surface area contributed by atoms with Gasteiger partial charge in [-0.05, 0) is 41.3 Å². The van der Waals surface area contributed by atoms with Crippen LogP contribution in [0, 0.1) is 5.41 Å². The predicted octanol–water partition coefficient (Wildman–Crippen LogP) is 1.26. The SMILES string of the molecule is CC(=CN)C(=N)I. The number of hydrogen-bond acceptors (Lipinski definition) is 2. The van der Waals surface area contributed by atoms with Gasteiger partial charge in [0.05, 0.1) is 3.72 Å². The number of nitrogens with one attached hydrogen (secondary N) is 1. The van der Waals surface area contributed by atoms with Crippen molar-refractivity contribution in [2.75, 3.05) is 0 Å². The molecule has 0 spiro atoms. The molecule has 0 atom stereocenters. The van der Waals surface area contributed by atoms with Crippen LogP contribution in [0.1, 0.15) is 6.92 Å². The van der Waals surface area contributed by atoms with Gasteiger partial charge in [-0.25, -0.2) is 0 Å². The zero-order chi connectivity index (χ0) is 5.86. The zero-order valence-electron chi connectivity index (χ0n) is 4.03. The lowest BCUT2D eigenvalue weighted by atomic mass is 10.4. The Balaban J connectivity index is 3.82. The fourth-order valence-electron chi connectivity index (χ4n) is 0.0732. The lowest BCUT2D eigenvalue weighted by molar-refractivity contribution is 1.45. The van der Waals surface area contributed by atoms with Gasteiger partial charge in [0.2, 0.25) is 0 Å². The maximum absolute atomic E-state index is 6.94. The van der Waals surface area contributed by atoms with Crippen LogP contribution in [0.15, 0.2) is 11.8 Å². The van der Waals surface area contributed by atoms with E-state index in [0.29, 0.717) is 3.72 Å². The molecule has 0 heterocycles. The first-order chi connectivity index (χ1) is 3.18. The van der Waals surface area contributed by atoms with E-state index >= 15 is 0 Å². The van der Waals surface area contributed by atoms with E-state index < -0.39 is 0 Å². The summed E-state index contributed by atoms with van der Waals surface area (Å²) in [5.74, 6) is 0. The summed E-state index contributed by atoms with van der Waals surface area (Å²) in [7, 11) is 0. The molecular formula is C4H7IN2. The molecular weight excluding hydrogens is 203 g/mol. The van der Waals surface area contributed by atoms with Crippen molar-refractivity contribution in [3.05, 3.63) is 11.8 Å². The van der Waals surface area contributed by atoms with Gasteiger partial charge in [0, 0.05) is 0 Å². The minimum atomic E-state index is 0.500. The predicted molar refractivity (Wildman–Crippen MR) is 39.7 cm³/mol. The Morgan fingerprint density at radius 2 is 2.29 bits per heavy atom. The van der Waals surface area contributed by atoms with E-state index in [2.05, 4.69) is 0 Å². The number of halogens is 1. The minimum absolute atomic E-state index is 0.500. The fraction of sp³-hybridized carbons (Fsp3) is 0.250. The number of rotatable bonds is 1. The first-order valence-electron chi connectivity index (χ1n) is 1.81. The molecule has 0 radical (unpaired) electrons. The molecule has 40 valence electrons. The molecule has 0 bridgehead atoms. The van der Waals surface area contributed by atoms with E-state index in [0.717, 1.165) is 5.57 Å². The average molecular weight is 210 g/mol. The van der Waals surface area contributed by atoms with Gasteiger partial charge in [-0.1, -0.05) is 0 Å². The van der Waals surface area contributed by atoms with Gasteiger partial charge >= 0.3 is 0 Å². The quantitative estimate of drug-likeness (QED) is 0.496. The molecule has 0 aromatic rings. The van der Waals surface area contributed by atoms with Crippen molar-refractivity contribution in [3.8, 4) is 0 Å². The van der Waals surface area contributed by atoms with Crippen molar-refractivity contribution in [3.63, 3.8) is 0 Å². The molecule has 0 unspecified atom stereocenters. The summed E-state index contributed by atoms with van der Waals surface area (Å²) in [4.78, 5) is 0. The van der Waals surface area contributed by atoms with Crippen LogP contribution in [0.3, 0.4) is 0 Å². The maximum Gasteiger partial charge on any atom is 0.0963 e. The first-order valence-corrected chi connectivity index (χ1v) is 2.89. The Morgan fingerprint density at radius 1 is 1.86 bits per heavy atom. The van der Waals surface area contributed by atoms with E-state index in [1.165, 1.54) is 6.20 Å². The molecule has 0 aliphatic heterocycles. The Morgan fingerprint density at radius 3 is 2.29 bits per heavy atom. The second-order valence-electron chi connectivity index (χ2n) is 1.16. The van der Waals surface area contributed by atoms with Crippen LogP contribution >= 0.6 is 22.6 Å². The number of allylic oxidation sites excluding steroid dienone is 1. The third-order valence-corrected chi connectivity index (χ3v) is 1.45. The van der Waals surface area contributed by atoms with Gasteiger partial charge in [0.15, 0.2) is 0 Å². The van der Waals surface area contributed by atoms with E-state index in [1.54, 1.807) is 6.92 Å². The van der Waals surface area contributed by atoms with Crippen LogP contribution in [0.4, 0.5) is 0 Å². The van der Waals surface area contributed by atoms with Crippen LogP contribution in [-0.2, 0) is 0 Å². The fourth-order valence-corrected chi connectivity index (χ4v) is 0.253. The summed E-state index contributed by atoms with van der Waals surface area (Å²) in [5, 5.41) is 6.94. The highest BCUT2D eigenvalue weighted by molar-refractivity contribution is 14.1. The molecule has 3 N–H and O–H groups in total. The molecule has 0 aromatic carbocycles. The monoisotopic (exact) mass is 210 g/mol. The summed E-state index contributed by atoms with van der Waals surface area (Å²) in [6.07, 6.45) is 1.43. The summed E-state index contributed by atoms with van der Waals surface area (Å²) in [6, 6.07) is 0. The second-order valence-corrected chi connectivity index (χ2v) is 2.24. The molecule has 0 rings (SSSR count). The summed E-state index contributed by atoms with van der Waals surface area (Å²) >= 11 is 1.90. The zero-order valence-corrected chi connectivity index (χ0v) is 6.19. The van der Waals surface area contributed by atoms with Crippen molar-refractivity contribution in [1.82, 2.24) is 0 Å². The lowest BCUT2D eigenvalue weighted by Crippen LogP contribution is -1.89. The van der Waals surface area contributed by atoms with Gasteiger partial charge in [-0.15, -0.1) is 0 Å². The van der Waals surface area contributed by atoms with Crippen molar-refractivity contribution in [1.29, 1.82) is 5.41 Å². The summed E-state index contributed by atoms with van der Waals surface area (Å²) in [5.41, 5.74) is 5.89. The molecule has 0 saturated heterocycles. The Hall–Kier alpha value is -0.0600. The van der Waals surface area contributed by atoms with Crippen molar-refractivity contribution in [2.45, 2.75) is 6.92 Å². The van der Waals surface area contributed by atoms with Crippen LogP contribution in [-0.4, -0.2) is 3.72 Å². The maximum atomic E-state index is 6.94. The van der Waals surface area contributed by atoms with Crippen LogP contribution in [0.5, 0.6) is 0 Å². The normalized spacial score (nSPS) is 11.4. The highest BCUT2D eigenvalue weighted by atomic mass is 127. The topological polar surface area (TPSA) is 49.9 Å². The Bertz CT molecular complexity index is 106. The van der Waals surface area contributed by atoms with E-state index in [-0.39, 0.29) is 0 Å². The standard InChI is InChI=1S/C4H7IN2/c1-3(2-6)4(5)7/h2,7H,6H2,1H3. The molecule has 0 saturated carbocycles. The van der Waals surface area contributed by atoms with Gasteiger partial charge < -0.3 is 5.73 Å². The molecule has 0 aliphatic carbocycles. The molecule has 0 fully saturated rings. The lowest BCUT2D eigenvalue weighted by Gasteiger charge is -1.87. The minimum Gasteiger partial charge on any atom is -0.404 e. The van der Waals surface area contributed by atoms with E-state index in [1.807, 2.05) is 22.6 Å². The van der Waals surface area contributed by atoms with Crippen molar-refractivity contribution in [2.24, 2.45) is 5.73 Å². The van der Waals surface area contributed by atoms with Crippen molar-refractivity contribution < 1.29 is 0 Å². The Labute approximate surface area is 56.4 Å². The first kappa shape index (κ1) is 6.94. The van der Waals surface area contributed by atoms with Gasteiger partial charge in [-0.2, -0.15) is 0 Å². The van der Waals surface area contributed by atoms with Crippen LogP contribution < -0.4 is 5.73 Å². The van der Waals surface area contributed by atoms with Crippen molar-refractivity contribution >= 4 is 26.3 Å². The second kappa shape index (κ2) is 3.01. The van der Waals surface area contributed by atoms with Gasteiger partial charge in [0.1, 0.15) is 0 Å². The van der Waals surface area contributed by atoms with E-state index in [9.17, 15) is 0 Å². The number of nitrogens with two attached hydrogens (primary N) is 1. The largest absolute Gasteiger partial charge is 0.404 e. The third-order valence-electron chi connectivity index (χ3n) is 0.596. The molecule has 7 heavy (non-hydrogen) atoms. The van der Waals surface area contributed by atoms with E-state index in [4.69, 9.17) is 11.1 Å². The third kappa shape index (κ3) is 2.61. The summed E-state index contributed by atoms with van der Waals surface area (Å²) < 4.78 is 0.500. The smallest absolute Gasteiger partial charge is 0.0963 e. The molecule has 3 heteroatoms.